The zero-order valence-electron chi connectivity index (χ0n) is 10.2. The molecule has 3 aliphatic heterocycles. The summed E-state index contributed by atoms with van der Waals surface area (Å²) in [5.74, 6) is -0.495. The third-order valence-electron chi connectivity index (χ3n) is 4.02. The minimum atomic E-state index is -1.41. The average molecular weight is 309 g/mol. The lowest BCUT2D eigenvalue weighted by Crippen LogP contribution is -2.46. The monoisotopic (exact) mass is 308 g/mol. The van der Waals surface area contributed by atoms with Crippen LogP contribution in [0.25, 0.3) is 0 Å². The minimum Gasteiger partial charge on any atom is -0.309 e. The molecule has 102 valence electrons. The van der Waals surface area contributed by atoms with E-state index in [1.54, 1.807) is 28.8 Å². The molecule has 1 atom stereocenters. The molecule has 3 aliphatic rings. The van der Waals surface area contributed by atoms with Crippen LogP contribution < -0.4 is 10.2 Å². The molecule has 7 heteroatoms. The van der Waals surface area contributed by atoms with Gasteiger partial charge in [-0.25, -0.2) is 0 Å². The highest BCUT2D eigenvalue weighted by atomic mass is 35.5. The van der Waals surface area contributed by atoms with Crippen molar-refractivity contribution in [1.82, 2.24) is 5.32 Å². The Morgan fingerprint density at radius 3 is 2.80 bits per heavy atom. The number of fused-ring (bicyclic) bond motifs is 1. The quantitative estimate of drug-likeness (QED) is 0.575. The van der Waals surface area contributed by atoms with Gasteiger partial charge in [0.05, 0.1) is 12.1 Å². The number of amides is 3. The third-order valence-corrected chi connectivity index (χ3v) is 5.25. The van der Waals surface area contributed by atoms with Gasteiger partial charge in [-0.1, -0.05) is 11.6 Å². The molecule has 0 radical (unpaired) electrons. The van der Waals surface area contributed by atoms with E-state index in [0.29, 0.717) is 17.1 Å². The molecule has 1 aromatic carbocycles. The summed E-state index contributed by atoms with van der Waals surface area (Å²) >= 11 is 7.72. The number of carbonyl (C=O) groups excluding carboxylic acids is 3. The number of hydrogen-bond acceptors (Lipinski definition) is 4. The molecular weight excluding hydrogens is 300 g/mol. The molecule has 3 amide bonds. The zero-order valence-corrected chi connectivity index (χ0v) is 11.8. The van der Waals surface area contributed by atoms with E-state index in [-0.39, 0.29) is 12.3 Å². The summed E-state index contributed by atoms with van der Waals surface area (Å²) in [5, 5.41) is 2.73. The number of nitrogens with one attached hydrogen (secondary N) is 1. The van der Waals surface area contributed by atoms with Crippen LogP contribution in [0.5, 0.6) is 0 Å². The van der Waals surface area contributed by atoms with Crippen molar-refractivity contribution >= 4 is 46.8 Å². The van der Waals surface area contributed by atoms with Crippen molar-refractivity contribution in [2.24, 2.45) is 0 Å². The van der Waals surface area contributed by atoms with Crippen LogP contribution in [0.1, 0.15) is 12.0 Å². The molecule has 5 nitrogen and oxygen atoms in total. The van der Waals surface area contributed by atoms with Crippen LogP contribution in [0, 0.1) is 0 Å². The lowest BCUT2D eigenvalue weighted by atomic mass is 9.80. The standard InChI is InChI=1S/C13H9ClN2O3S/c14-6-3-7-10-8(4-6)20-2-1-16(10)12(19)13(7)5-9(17)15-11(13)18/h3-4H,1-2,5H2,(H,15,17,18). The number of anilines is 1. The summed E-state index contributed by atoms with van der Waals surface area (Å²) in [6, 6.07) is 3.44. The molecule has 3 heterocycles. The summed E-state index contributed by atoms with van der Waals surface area (Å²) in [7, 11) is 0. The van der Waals surface area contributed by atoms with Crippen molar-refractivity contribution in [1.29, 1.82) is 0 Å². The van der Waals surface area contributed by atoms with E-state index >= 15 is 0 Å². The van der Waals surface area contributed by atoms with Gasteiger partial charge in [-0.05, 0) is 12.1 Å². The van der Waals surface area contributed by atoms with Gasteiger partial charge in [-0.2, -0.15) is 0 Å². The van der Waals surface area contributed by atoms with E-state index in [9.17, 15) is 14.4 Å². The first-order valence-electron chi connectivity index (χ1n) is 6.17. The Kier molecular flexibility index (Phi) is 2.30. The first kappa shape index (κ1) is 12.2. The van der Waals surface area contributed by atoms with Gasteiger partial charge in [0.1, 0.15) is 0 Å². The number of hydrogen-bond donors (Lipinski definition) is 1. The van der Waals surface area contributed by atoms with E-state index < -0.39 is 17.2 Å². The van der Waals surface area contributed by atoms with Crippen molar-refractivity contribution < 1.29 is 14.4 Å². The third kappa shape index (κ3) is 1.28. The van der Waals surface area contributed by atoms with Crippen LogP contribution in [0.15, 0.2) is 17.0 Å². The lowest BCUT2D eigenvalue weighted by molar-refractivity contribution is -0.133. The highest BCUT2D eigenvalue weighted by Gasteiger charge is 2.61. The van der Waals surface area contributed by atoms with Gasteiger partial charge in [0, 0.05) is 27.8 Å². The Balaban J connectivity index is 2.05. The van der Waals surface area contributed by atoms with Gasteiger partial charge < -0.3 is 4.90 Å². The van der Waals surface area contributed by atoms with E-state index in [1.807, 2.05) is 0 Å². The van der Waals surface area contributed by atoms with Gasteiger partial charge in [-0.15, -0.1) is 11.8 Å². The predicted octanol–water partition coefficient (Wildman–Crippen LogP) is 1.08. The molecule has 20 heavy (non-hydrogen) atoms. The second-order valence-corrected chi connectivity index (χ2v) is 6.64. The second-order valence-electron chi connectivity index (χ2n) is 5.06. The summed E-state index contributed by atoms with van der Waals surface area (Å²) in [6.45, 7) is 0.550. The summed E-state index contributed by atoms with van der Waals surface area (Å²) in [4.78, 5) is 39.1. The SMILES string of the molecule is O=C1CC2(C(=O)N1)C(=O)N1CCSc3cc(Cl)cc2c31. The molecule has 0 bridgehead atoms. The molecule has 1 unspecified atom stereocenters. The Hall–Kier alpha value is -1.53. The zero-order chi connectivity index (χ0) is 14.1. The topological polar surface area (TPSA) is 66.5 Å². The number of rotatable bonds is 0. The van der Waals surface area contributed by atoms with E-state index in [1.165, 1.54) is 0 Å². The highest BCUT2D eigenvalue weighted by molar-refractivity contribution is 7.99. The molecule has 0 aliphatic carbocycles. The maximum absolute atomic E-state index is 12.7. The number of carbonyl (C=O) groups is 3. The highest BCUT2D eigenvalue weighted by Crippen LogP contribution is 2.52. The fraction of sp³-hybridized carbons (Fsp3) is 0.308. The van der Waals surface area contributed by atoms with Crippen LogP contribution in [0.3, 0.4) is 0 Å². The van der Waals surface area contributed by atoms with E-state index in [0.717, 1.165) is 16.3 Å². The van der Waals surface area contributed by atoms with Crippen LogP contribution in [-0.4, -0.2) is 30.0 Å². The molecule has 4 rings (SSSR count). The molecule has 1 fully saturated rings. The second kappa shape index (κ2) is 3.77. The predicted molar refractivity (Wildman–Crippen MR) is 74.0 cm³/mol. The summed E-state index contributed by atoms with van der Waals surface area (Å²) in [6.07, 6.45) is -0.126. The van der Waals surface area contributed by atoms with Gasteiger partial charge in [0.15, 0.2) is 5.41 Å². The van der Waals surface area contributed by atoms with E-state index in [4.69, 9.17) is 11.6 Å². The number of thioether (sulfide) groups is 1. The molecule has 0 aromatic heterocycles. The first-order chi connectivity index (χ1) is 9.54. The van der Waals surface area contributed by atoms with Gasteiger partial charge >= 0.3 is 0 Å². The Morgan fingerprint density at radius 2 is 2.10 bits per heavy atom. The van der Waals surface area contributed by atoms with Crippen molar-refractivity contribution in [2.75, 3.05) is 17.2 Å². The van der Waals surface area contributed by atoms with Crippen LogP contribution in [0.2, 0.25) is 5.02 Å². The largest absolute Gasteiger partial charge is 0.309 e. The minimum absolute atomic E-state index is 0.126. The summed E-state index contributed by atoms with van der Waals surface area (Å²) in [5.41, 5.74) is -0.0854. The van der Waals surface area contributed by atoms with Crippen molar-refractivity contribution in [3.63, 3.8) is 0 Å². The van der Waals surface area contributed by atoms with Gasteiger partial charge in [-0.3, -0.25) is 19.7 Å². The Morgan fingerprint density at radius 1 is 1.30 bits per heavy atom. The molecule has 1 aromatic rings. The fourth-order valence-corrected chi connectivity index (χ4v) is 4.53. The normalized spacial score (nSPS) is 27.2. The van der Waals surface area contributed by atoms with Gasteiger partial charge in [0.25, 0.3) is 0 Å². The number of imide groups is 1. The lowest BCUT2D eigenvalue weighted by Gasteiger charge is -2.25. The fourth-order valence-electron chi connectivity index (χ4n) is 3.18. The van der Waals surface area contributed by atoms with Crippen LogP contribution >= 0.6 is 23.4 Å². The number of benzene rings is 1. The average Bonchev–Trinajstić information content (AvgIpc) is 2.82. The molecule has 0 saturated carbocycles. The van der Waals surface area contributed by atoms with Crippen molar-refractivity contribution in [2.45, 2.75) is 16.7 Å². The Labute approximate surface area is 123 Å². The Bertz CT molecular complexity index is 705. The maximum atomic E-state index is 12.7. The van der Waals surface area contributed by atoms with Crippen LogP contribution in [0.4, 0.5) is 5.69 Å². The maximum Gasteiger partial charge on any atom is 0.247 e. The number of nitrogens with zero attached hydrogens (tertiary/aromatic N) is 1. The molecule has 1 N–H and O–H groups in total. The van der Waals surface area contributed by atoms with E-state index in [2.05, 4.69) is 5.32 Å². The summed E-state index contributed by atoms with van der Waals surface area (Å²) < 4.78 is 0. The molecule has 1 saturated heterocycles. The molecule has 1 spiro atoms. The molecular formula is C13H9ClN2O3S. The number of halogens is 1. The van der Waals surface area contributed by atoms with Crippen molar-refractivity contribution in [3.05, 3.63) is 22.7 Å². The van der Waals surface area contributed by atoms with Crippen LogP contribution in [-0.2, 0) is 19.8 Å². The van der Waals surface area contributed by atoms with Gasteiger partial charge in [0.2, 0.25) is 17.7 Å². The first-order valence-corrected chi connectivity index (χ1v) is 7.53. The van der Waals surface area contributed by atoms with Crippen molar-refractivity contribution in [3.8, 4) is 0 Å². The smallest absolute Gasteiger partial charge is 0.247 e.